The average molecular weight is 433 g/mol. The third-order valence-corrected chi connectivity index (χ3v) is 6.26. The molecule has 0 spiro atoms. The van der Waals surface area contributed by atoms with Crippen molar-refractivity contribution >= 4 is 45.9 Å². The van der Waals surface area contributed by atoms with Crippen LogP contribution in [0.1, 0.15) is 19.5 Å². The number of hydrogen-bond donors (Lipinski definition) is 2. The lowest BCUT2D eigenvalue weighted by molar-refractivity contribution is -0.113. The molecule has 1 aromatic carbocycles. The van der Waals surface area contributed by atoms with Crippen molar-refractivity contribution in [2.24, 2.45) is 0 Å². The topological polar surface area (TPSA) is 87.7 Å². The van der Waals surface area contributed by atoms with Crippen LogP contribution in [0.2, 0.25) is 0 Å². The van der Waals surface area contributed by atoms with Crippen LogP contribution in [-0.2, 0) is 10.5 Å². The maximum atomic E-state index is 12.2. The minimum Gasteiger partial charge on any atom is -0.301 e. The molecule has 146 valence electrons. The SMILES string of the molecule is CC(C)SCc1cc(=O)[nH]c(SCC(=O)Nc2nc(-c3ccccc3)cs2)n1. The zero-order chi connectivity index (χ0) is 19.9. The van der Waals surface area contributed by atoms with Crippen molar-refractivity contribution in [1.29, 1.82) is 0 Å². The molecule has 6 nitrogen and oxygen atoms in total. The Morgan fingerprint density at radius 1 is 1.25 bits per heavy atom. The van der Waals surface area contributed by atoms with E-state index in [0.29, 0.717) is 21.3 Å². The lowest BCUT2D eigenvalue weighted by Crippen LogP contribution is -2.15. The number of aromatic nitrogens is 3. The van der Waals surface area contributed by atoms with Crippen LogP contribution in [0.3, 0.4) is 0 Å². The molecule has 2 aromatic heterocycles. The van der Waals surface area contributed by atoms with Crippen LogP contribution < -0.4 is 10.9 Å². The monoisotopic (exact) mass is 432 g/mol. The number of carbonyl (C=O) groups excluding carboxylic acids is 1. The quantitative estimate of drug-likeness (QED) is 0.408. The Bertz CT molecular complexity index is 986. The molecule has 0 saturated carbocycles. The first-order valence-corrected chi connectivity index (χ1v) is 11.6. The van der Waals surface area contributed by atoms with Crippen molar-refractivity contribution in [3.63, 3.8) is 0 Å². The summed E-state index contributed by atoms with van der Waals surface area (Å²) >= 11 is 4.30. The highest BCUT2D eigenvalue weighted by molar-refractivity contribution is 7.99. The maximum Gasteiger partial charge on any atom is 0.251 e. The Labute approximate surface area is 175 Å². The Balaban J connectivity index is 1.56. The summed E-state index contributed by atoms with van der Waals surface area (Å²) in [4.78, 5) is 35.6. The highest BCUT2D eigenvalue weighted by Gasteiger charge is 2.10. The normalized spacial score (nSPS) is 11.0. The van der Waals surface area contributed by atoms with Gasteiger partial charge in [-0.3, -0.25) is 9.59 Å². The zero-order valence-electron chi connectivity index (χ0n) is 15.5. The van der Waals surface area contributed by atoms with Crippen molar-refractivity contribution in [3.8, 4) is 11.3 Å². The fourth-order valence-electron chi connectivity index (χ4n) is 2.24. The molecule has 0 aliphatic carbocycles. The second-order valence-electron chi connectivity index (χ2n) is 6.14. The maximum absolute atomic E-state index is 12.2. The first-order chi connectivity index (χ1) is 13.5. The minimum absolute atomic E-state index is 0.143. The number of thiazole rings is 1. The fraction of sp³-hybridized carbons (Fsp3) is 0.263. The third-order valence-electron chi connectivity index (χ3n) is 3.50. The van der Waals surface area contributed by atoms with Gasteiger partial charge in [0.1, 0.15) is 0 Å². The van der Waals surface area contributed by atoms with Gasteiger partial charge in [0.2, 0.25) is 5.91 Å². The molecule has 3 rings (SSSR count). The first kappa shape index (κ1) is 20.6. The van der Waals surface area contributed by atoms with Crippen LogP contribution in [-0.4, -0.2) is 31.9 Å². The van der Waals surface area contributed by atoms with Crippen molar-refractivity contribution in [2.45, 2.75) is 30.0 Å². The Hall–Kier alpha value is -2.10. The number of carbonyl (C=O) groups is 1. The lowest BCUT2D eigenvalue weighted by atomic mass is 10.2. The van der Waals surface area contributed by atoms with Crippen LogP contribution in [0.25, 0.3) is 11.3 Å². The van der Waals surface area contributed by atoms with Crippen LogP contribution in [0.4, 0.5) is 5.13 Å². The van der Waals surface area contributed by atoms with Crippen molar-refractivity contribution in [1.82, 2.24) is 15.0 Å². The standard InChI is InChI=1S/C19H20N4O2S3/c1-12(2)26-9-14-8-16(24)22-18(20-14)28-11-17(25)23-19-21-15(10-27-19)13-6-4-3-5-7-13/h3-8,10,12H,9,11H2,1-2H3,(H,20,22,24)(H,21,23,25). The molecule has 0 saturated heterocycles. The van der Waals surface area contributed by atoms with E-state index in [-0.39, 0.29) is 17.2 Å². The summed E-state index contributed by atoms with van der Waals surface area (Å²) < 4.78 is 0. The first-order valence-electron chi connectivity index (χ1n) is 8.65. The van der Waals surface area contributed by atoms with Crippen molar-refractivity contribution in [2.75, 3.05) is 11.1 Å². The van der Waals surface area contributed by atoms with Crippen LogP contribution in [0.5, 0.6) is 0 Å². The van der Waals surface area contributed by atoms with Gasteiger partial charge in [0.15, 0.2) is 10.3 Å². The molecule has 0 unspecified atom stereocenters. The molecular weight excluding hydrogens is 412 g/mol. The zero-order valence-corrected chi connectivity index (χ0v) is 17.9. The Kier molecular flexibility index (Phi) is 7.30. The predicted molar refractivity (Wildman–Crippen MR) is 118 cm³/mol. The van der Waals surface area contributed by atoms with Gasteiger partial charge in [-0.25, -0.2) is 9.97 Å². The van der Waals surface area contributed by atoms with Gasteiger partial charge in [0.25, 0.3) is 5.56 Å². The van der Waals surface area contributed by atoms with E-state index >= 15 is 0 Å². The number of thioether (sulfide) groups is 2. The Morgan fingerprint density at radius 2 is 2.04 bits per heavy atom. The number of amides is 1. The van der Waals surface area contributed by atoms with Crippen LogP contribution >= 0.6 is 34.9 Å². The Morgan fingerprint density at radius 3 is 2.79 bits per heavy atom. The van der Waals surface area contributed by atoms with E-state index in [9.17, 15) is 9.59 Å². The van der Waals surface area contributed by atoms with Gasteiger partial charge in [-0.05, 0) is 5.25 Å². The molecule has 3 aromatic rings. The molecule has 2 heterocycles. The summed E-state index contributed by atoms with van der Waals surface area (Å²) in [6, 6.07) is 11.3. The number of nitrogens with zero attached hydrogens (tertiary/aromatic N) is 2. The van der Waals surface area contributed by atoms with Crippen molar-refractivity contribution in [3.05, 3.63) is 57.8 Å². The summed E-state index contributed by atoms with van der Waals surface area (Å²) in [5, 5.41) is 6.16. The van der Waals surface area contributed by atoms with Gasteiger partial charge in [0.05, 0.1) is 17.1 Å². The van der Waals surface area contributed by atoms with Gasteiger partial charge >= 0.3 is 0 Å². The third kappa shape index (κ3) is 6.22. The summed E-state index contributed by atoms with van der Waals surface area (Å²) in [5.41, 5.74) is 2.35. The molecule has 0 bridgehead atoms. The van der Waals surface area contributed by atoms with E-state index in [2.05, 4.69) is 34.1 Å². The van der Waals surface area contributed by atoms with Gasteiger partial charge in [-0.2, -0.15) is 11.8 Å². The van der Waals surface area contributed by atoms with E-state index in [0.717, 1.165) is 17.0 Å². The highest BCUT2D eigenvalue weighted by Crippen LogP contribution is 2.25. The minimum atomic E-state index is -0.204. The van der Waals surface area contributed by atoms with Crippen LogP contribution in [0.15, 0.2) is 51.7 Å². The molecule has 0 aliphatic rings. The van der Waals surface area contributed by atoms with Crippen LogP contribution in [0, 0.1) is 0 Å². The molecule has 2 N–H and O–H groups in total. The van der Waals surface area contributed by atoms with E-state index in [1.807, 2.05) is 35.7 Å². The van der Waals surface area contributed by atoms with Gasteiger partial charge in [-0.1, -0.05) is 55.9 Å². The number of anilines is 1. The molecule has 0 atom stereocenters. The summed E-state index contributed by atoms with van der Waals surface area (Å²) in [5.74, 6) is 0.621. The lowest BCUT2D eigenvalue weighted by Gasteiger charge is -2.06. The smallest absolute Gasteiger partial charge is 0.251 e. The van der Waals surface area contributed by atoms with Gasteiger partial charge < -0.3 is 10.3 Å². The van der Waals surface area contributed by atoms with Gasteiger partial charge in [0, 0.05) is 22.8 Å². The summed E-state index contributed by atoms with van der Waals surface area (Å²) in [6.45, 7) is 4.19. The van der Waals surface area contributed by atoms with Gasteiger partial charge in [-0.15, -0.1) is 11.3 Å². The predicted octanol–water partition coefficient (Wildman–Crippen LogP) is 4.27. The molecular formula is C19H20N4O2S3. The second-order valence-corrected chi connectivity index (χ2v) is 9.53. The van der Waals surface area contributed by atoms with E-state index < -0.39 is 0 Å². The molecule has 28 heavy (non-hydrogen) atoms. The number of aromatic amines is 1. The number of rotatable bonds is 8. The molecule has 0 radical (unpaired) electrons. The van der Waals surface area contributed by atoms with E-state index in [1.54, 1.807) is 11.8 Å². The number of nitrogens with one attached hydrogen (secondary N) is 2. The van der Waals surface area contributed by atoms with E-state index in [4.69, 9.17) is 0 Å². The van der Waals surface area contributed by atoms with E-state index in [1.165, 1.54) is 29.2 Å². The largest absolute Gasteiger partial charge is 0.301 e. The molecule has 9 heteroatoms. The average Bonchev–Trinajstić information content (AvgIpc) is 3.13. The second kappa shape index (κ2) is 9.90. The number of H-pyrrole nitrogens is 1. The highest BCUT2D eigenvalue weighted by atomic mass is 32.2. The molecule has 0 fully saturated rings. The fourth-order valence-corrected chi connectivity index (χ4v) is 4.32. The summed E-state index contributed by atoms with van der Waals surface area (Å²) in [6.07, 6.45) is 0. The number of benzene rings is 1. The number of hydrogen-bond acceptors (Lipinski definition) is 7. The van der Waals surface area contributed by atoms with Crippen molar-refractivity contribution < 1.29 is 4.79 Å². The summed E-state index contributed by atoms with van der Waals surface area (Å²) in [7, 11) is 0. The molecule has 1 amide bonds. The molecule has 0 aliphatic heterocycles.